The zero-order valence-corrected chi connectivity index (χ0v) is 12.0. The van der Waals surface area contributed by atoms with Crippen molar-refractivity contribution in [3.63, 3.8) is 0 Å². The zero-order valence-electron chi connectivity index (χ0n) is 11.2. The summed E-state index contributed by atoms with van der Waals surface area (Å²) in [7, 11) is 0. The highest BCUT2D eigenvalue weighted by molar-refractivity contribution is 7.09. The summed E-state index contributed by atoms with van der Waals surface area (Å²) in [5, 5.41) is 5.99. The number of thiophene rings is 1. The van der Waals surface area contributed by atoms with Crippen LogP contribution in [0.15, 0.2) is 17.5 Å². The normalized spacial score (nSPS) is 20.6. The van der Waals surface area contributed by atoms with Crippen molar-refractivity contribution in [2.75, 3.05) is 6.54 Å². The minimum Gasteiger partial charge on any atom is -0.313 e. The molecule has 0 radical (unpaired) electrons. The summed E-state index contributed by atoms with van der Waals surface area (Å²) in [6.45, 7) is 5.90. The second kappa shape index (κ2) is 6.01. The number of nitrogens with one attached hydrogen (secondary N) is 1. The molecule has 1 saturated carbocycles. The molecule has 0 aliphatic heterocycles. The van der Waals surface area contributed by atoms with Crippen LogP contribution in [0, 0.1) is 5.41 Å². The number of hydrogen-bond donors (Lipinski definition) is 1. The zero-order chi connectivity index (χ0) is 12.1. The predicted octanol–water partition coefficient (Wildman–Crippen LogP) is 4.24. The molecule has 1 N–H and O–H groups in total. The van der Waals surface area contributed by atoms with Crippen molar-refractivity contribution in [3.8, 4) is 0 Å². The number of hydrogen-bond acceptors (Lipinski definition) is 2. The van der Waals surface area contributed by atoms with E-state index in [0.29, 0.717) is 11.5 Å². The summed E-state index contributed by atoms with van der Waals surface area (Å²) in [5.41, 5.74) is 0.527. The van der Waals surface area contributed by atoms with E-state index in [-0.39, 0.29) is 0 Å². The highest BCUT2D eigenvalue weighted by Crippen LogP contribution is 2.41. The smallest absolute Gasteiger partial charge is 0.0169 e. The highest BCUT2D eigenvalue weighted by atomic mass is 32.1. The van der Waals surface area contributed by atoms with Gasteiger partial charge in [0.15, 0.2) is 0 Å². The maximum Gasteiger partial charge on any atom is 0.0169 e. The standard InChI is InChI=1S/C15H25NS/c1-3-10-16-14(12-13-7-6-11-17-13)15(2)8-4-5-9-15/h6-7,11,14,16H,3-5,8-10,12H2,1-2H3. The van der Waals surface area contributed by atoms with Crippen LogP contribution in [-0.4, -0.2) is 12.6 Å². The Kier molecular flexibility index (Phi) is 4.63. The Morgan fingerprint density at radius 1 is 1.41 bits per heavy atom. The largest absolute Gasteiger partial charge is 0.313 e. The van der Waals surface area contributed by atoms with E-state index in [1.165, 1.54) is 43.4 Å². The third-order valence-corrected chi connectivity index (χ3v) is 5.11. The van der Waals surface area contributed by atoms with Crippen LogP contribution in [-0.2, 0) is 6.42 Å². The van der Waals surface area contributed by atoms with Crippen LogP contribution in [0.4, 0.5) is 0 Å². The van der Waals surface area contributed by atoms with Crippen molar-refractivity contribution in [1.29, 1.82) is 0 Å². The van der Waals surface area contributed by atoms with Gasteiger partial charge in [-0.25, -0.2) is 0 Å². The van der Waals surface area contributed by atoms with Crippen molar-refractivity contribution in [3.05, 3.63) is 22.4 Å². The molecule has 0 amide bonds. The second-order valence-corrected chi connectivity index (χ2v) is 6.68. The quantitative estimate of drug-likeness (QED) is 0.797. The minimum absolute atomic E-state index is 0.527. The van der Waals surface area contributed by atoms with Gasteiger partial charge in [0.2, 0.25) is 0 Å². The molecule has 0 bridgehead atoms. The molecular formula is C15H25NS. The molecule has 2 rings (SSSR count). The summed E-state index contributed by atoms with van der Waals surface area (Å²) in [6, 6.07) is 5.13. The maximum absolute atomic E-state index is 3.80. The summed E-state index contributed by atoms with van der Waals surface area (Å²) < 4.78 is 0. The van der Waals surface area contributed by atoms with Gasteiger partial charge < -0.3 is 5.32 Å². The topological polar surface area (TPSA) is 12.0 Å². The molecule has 0 saturated heterocycles. The molecule has 1 heterocycles. The second-order valence-electron chi connectivity index (χ2n) is 5.65. The molecule has 1 aromatic heterocycles. The average Bonchev–Trinajstić information content (AvgIpc) is 2.96. The van der Waals surface area contributed by atoms with Crippen molar-refractivity contribution in [1.82, 2.24) is 5.32 Å². The summed E-state index contributed by atoms with van der Waals surface area (Å²) in [5.74, 6) is 0. The Hall–Kier alpha value is -0.340. The molecule has 17 heavy (non-hydrogen) atoms. The van der Waals surface area contributed by atoms with E-state index in [0.717, 1.165) is 6.54 Å². The van der Waals surface area contributed by atoms with Crippen molar-refractivity contribution in [2.24, 2.45) is 5.41 Å². The Labute approximate surface area is 110 Å². The predicted molar refractivity (Wildman–Crippen MR) is 76.7 cm³/mol. The van der Waals surface area contributed by atoms with Gasteiger partial charge in [0, 0.05) is 10.9 Å². The third kappa shape index (κ3) is 3.32. The fraction of sp³-hybridized carbons (Fsp3) is 0.733. The van der Waals surface area contributed by atoms with E-state index in [9.17, 15) is 0 Å². The first-order chi connectivity index (χ1) is 8.24. The van der Waals surface area contributed by atoms with Crippen molar-refractivity contribution in [2.45, 2.75) is 58.4 Å². The first-order valence-electron chi connectivity index (χ1n) is 7.00. The molecule has 96 valence electrons. The summed E-state index contributed by atoms with van der Waals surface area (Å²) in [4.78, 5) is 1.53. The molecule has 1 aliphatic carbocycles. The molecule has 1 nitrogen and oxygen atoms in total. The van der Waals surface area contributed by atoms with Gasteiger partial charge in [-0.05, 0) is 49.1 Å². The maximum atomic E-state index is 3.80. The van der Waals surface area contributed by atoms with E-state index < -0.39 is 0 Å². The Morgan fingerprint density at radius 2 is 2.18 bits per heavy atom. The van der Waals surface area contributed by atoms with E-state index in [2.05, 4.69) is 36.7 Å². The summed E-state index contributed by atoms with van der Waals surface area (Å²) in [6.07, 6.45) is 8.10. The van der Waals surface area contributed by atoms with Gasteiger partial charge in [-0.15, -0.1) is 11.3 Å². The van der Waals surface area contributed by atoms with E-state index >= 15 is 0 Å². The molecule has 1 aliphatic rings. The van der Waals surface area contributed by atoms with Crippen molar-refractivity contribution < 1.29 is 0 Å². The lowest BCUT2D eigenvalue weighted by atomic mass is 9.78. The molecule has 1 atom stereocenters. The Balaban J connectivity index is 2.02. The first-order valence-corrected chi connectivity index (χ1v) is 7.88. The molecule has 2 heteroatoms. The van der Waals surface area contributed by atoms with Crippen LogP contribution in [0.2, 0.25) is 0 Å². The monoisotopic (exact) mass is 251 g/mol. The van der Waals surface area contributed by atoms with E-state index in [4.69, 9.17) is 0 Å². The molecule has 1 unspecified atom stereocenters. The lowest BCUT2D eigenvalue weighted by Gasteiger charge is -2.35. The molecule has 0 aromatic carbocycles. The van der Waals surface area contributed by atoms with Crippen molar-refractivity contribution >= 4 is 11.3 Å². The van der Waals surface area contributed by atoms with Gasteiger partial charge in [-0.2, -0.15) is 0 Å². The van der Waals surface area contributed by atoms with Crippen LogP contribution in [0.1, 0.15) is 50.8 Å². The van der Waals surface area contributed by atoms with Gasteiger partial charge in [-0.1, -0.05) is 32.8 Å². The Morgan fingerprint density at radius 3 is 2.76 bits per heavy atom. The van der Waals surface area contributed by atoms with Crippen LogP contribution in [0.3, 0.4) is 0 Å². The van der Waals surface area contributed by atoms with Crippen LogP contribution >= 0.6 is 11.3 Å². The van der Waals surface area contributed by atoms with Gasteiger partial charge in [0.25, 0.3) is 0 Å². The molecule has 1 aromatic rings. The molecule has 1 fully saturated rings. The first kappa shape index (κ1) is 13.1. The van der Waals surface area contributed by atoms with Gasteiger partial charge >= 0.3 is 0 Å². The van der Waals surface area contributed by atoms with Crippen LogP contribution < -0.4 is 5.32 Å². The number of rotatable bonds is 6. The lowest BCUT2D eigenvalue weighted by Crippen LogP contribution is -2.44. The average molecular weight is 251 g/mol. The van der Waals surface area contributed by atoms with Gasteiger partial charge in [0.05, 0.1) is 0 Å². The van der Waals surface area contributed by atoms with Crippen LogP contribution in [0.5, 0.6) is 0 Å². The lowest BCUT2D eigenvalue weighted by molar-refractivity contribution is 0.220. The van der Waals surface area contributed by atoms with Gasteiger partial charge in [0.1, 0.15) is 0 Å². The van der Waals surface area contributed by atoms with E-state index in [1.807, 2.05) is 11.3 Å². The fourth-order valence-electron chi connectivity index (χ4n) is 3.04. The van der Waals surface area contributed by atoms with E-state index in [1.54, 1.807) is 0 Å². The van der Waals surface area contributed by atoms with Crippen LogP contribution in [0.25, 0.3) is 0 Å². The third-order valence-electron chi connectivity index (χ3n) is 4.21. The molecular weight excluding hydrogens is 226 g/mol. The SMILES string of the molecule is CCCNC(Cc1cccs1)C1(C)CCCC1. The Bertz CT molecular complexity index is 312. The highest BCUT2D eigenvalue weighted by Gasteiger charge is 2.36. The van der Waals surface area contributed by atoms with Gasteiger partial charge in [-0.3, -0.25) is 0 Å². The fourth-order valence-corrected chi connectivity index (χ4v) is 3.80. The summed E-state index contributed by atoms with van der Waals surface area (Å²) >= 11 is 1.90. The minimum atomic E-state index is 0.527. The molecule has 0 spiro atoms.